The first-order valence-corrected chi connectivity index (χ1v) is 17.2. The minimum Gasteiger partial charge on any atom is -0.372 e. The van der Waals surface area contributed by atoms with Crippen LogP contribution in [0, 0.1) is 5.82 Å². The first-order valence-electron chi connectivity index (χ1n) is 13.9. The van der Waals surface area contributed by atoms with Gasteiger partial charge in [0, 0.05) is 35.4 Å². The van der Waals surface area contributed by atoms with E-state index in [0.717, 1.165) is 49.1 Å². The number of amides is 2. The molecule has 1 atom stereocenters. The predicted octanol–water partition coefficient (Wildman–Crippen LogP) is 6.66. The Balaban J connectivity index is 1.24. The van der Waals surface area contributed by atoms with Crippen LogP contribution in [0.2, 0.25) is 23.2 Å². The van der Waals surface area contributed by atoms with Gasteiger partial charge in [-0.15, -0.1) is 0 Å². The fourth-order valence-electron chi connectivity index (χ4n) is 5.89. The smallest absolute Gasteiger partial charge is 0.314 e. The molecule has 0 saturated carbocycles. The van der Waals surface area contributed by atoms with Crippen LogP contribution in [0.15, 0.2) is 48.7 Å². The van der Waals surface area contributed by atoms with Crippen molar-refractivity contribution in [2.75, 3.05) is 32.7 Å². The highest BCUT2D eigenvalue weighted by Crippen LogP contribution is 2.41. The molecule has 6 nitrogen and oxygen atoms in total. The molecule has 2 fully saturated rings. The van der Waals surface area contributed by atoms with Crippen LogP contribution in [0.3, 0.4) is 0 Å². The van der Waals surface area contributed by atoms with Crippen LogP contribution in [-0.4, -0.2) is 77.3 Å². The Bertz CT molecular complexity index is 1350. The van der Waals surface area contributed by atoms with Crippen LogP contribution >= 0.6 is 11.6 Å². The highest BCUT2D eigenvalue weighted by atomic mass is 35.5. The molecule has 2 amide bonds. The van der Waals surface area contributed by atoms with E-state index in [1.165, 1.54) is 17.7 Å². The molecule has 2 aliphatic heterocycles. The summed E-state index contributed by atoms with van der Waals surface area (Å²) in [4.78, 5) is 17.5. The third-order valence-electron chi connectivity index (χ3n) is 9.21. The van der Waals surface area contributed by atoms with Crippen molar-refractivity contribution in [2.24, 2.45) is 0 Å². The summed E-state index contributed by atoms with van der Waals surface area (Å²) >= 11 is 6.40. The van der Waals surface area contributed by atoms with Crippen molar-refractivity contribution in [2.45, 2.75) is 63.9 Å². The van der Waals surface area contributed by atoms with Crippen molar-refractivity contribution in [3.8, 4) is 5.69 Å². The lowest BCUT2D eigenvalue weighted by molar-refractivity contribution is 0.101. The fraction of sp³-hybridized carbons (Fsp3) is 0.500. The van der Waals surface area contributed by atoms with Crippen molar-refractivity contribution in [1.82, 2.24) is 18.9 Å². The number of nitrogens with zero attached hydrogens (tertiary/aromatic N) is 4. The third kappa shape index (κ3) is 5.36. The van der Waals surface area contributed by atoms with Gasteiger partial charge in [0.05, 0.1) is 12.1 Å². The van der Waals surface area contributed by atoms with E-state index in [-0.39, 0.29) is 16.9 Å². The molecule has 0 aliphatic carbocycles. The quantitative estimate of drug-likeness (QED) is 0.337. The summed E-state index contributed by atoms with van der Waals surface area (Å²) in [6, 6.07) is 12.5. The van der Waals surface area contributed by atoms with Crippen molar-refractivity contribution >= 4 is 36.8 Å². The van der Waals surface area contributed by atoms with Crippen LogP contribution in [-0.2, 0) is 0 Å². The van der Waals surface area contributed by atoms with Gasteiger partial charge in [-0.2, -0.15) is 0 Å². The summed E-state index contributed by atoms with van der Waals surface area (Å²) in [5.41, 5.74) is 3.27. The molecule has 210 valence electrons. The molecule has 1 N–H and O–H groups in total. The van der Waals surface area contributed by atoms with Crippen LogP contribution < -0.4 is 0 Å². The Labute approximate surface area is 237 Å². The summed E-state index contributed by atoms with van der Waals surface area (Å²) in [6.07, 6.45) is 3.49. The Kier molecular flexibility index (Phi) is 7.61. The monoisotopic (exact) mass is 570 g/mol. The van der Waals surface area contributed by atoms with Crippen molar-refractivity contribution in [3.63, 3.8) is 0 Å². The van der Waals surface area contributed by atoms with Crippen molar-refractivity contribution in [1.29, 1.82) is 0 Å². The van der Waals surface area contributed by atoms with Gasteiger partial charge in [-0.1, -0.05) is 45.5 Å². The number of halogens is 2. The Morgan fingerprint density at radius 3 is 2.36 bits per heavy atom. The highest BCUT2D eigenvalue weighted by molar-refractivity contribution is 6.79. The first kappa shape index (κ1) is 28.1. The molecule has 3 heterocycles. The SMILES string of the molecule is CC(C)(C)[Si](C)(C)N1C(=O)N(CCN2CCC(c3cn(-c4ccc(F)cc4)c4ccc(Cl)cc34)CC2)CC1O. The van der Waals surface area contributed by atoms with Gasteiger partial charge in [-0.25, -0.2) is 9.18 Å². The second-order valence-electron chi connectivity index (χ2n) is 12.6. The summed E-state index contributed by atoms with van der Waals surface area (Å²) in [7, 11) is -2.16. The fourth-order valence-corrected chi connectivity index (χ4v) is 8.24. The Morgan fingerprint density at radius 2 is 1.72 bits per heavy atom. The number of aliphatic hydroxyl groups excluding tert-OH is 1. The maximum absolute atomic E-state index is 13.6. The zero-order valence-corrected chi connectivity index (χ0v) is 25.4. The molecule has 2 aromatic carbocycles. The van der Waals surface area contributed by atoms with E-state index in [9.17, 15) is 14.3 Å². The number of hydrogen-bond acceptors (Lipinski definition) is 3. The van der Waals surface area contributed by atoms with Crippen molar-refractivity contribution in [3.05, 3.63) is 65.1 Å². The molecule has 2 saturated heterocycles. The van der Waals surface area contributed by atoms with Crippen molar-refractivity contribution < 1.29 is 14.3 Å². The second-order valence-corrected chi connectivity index (χ2v) is 18.1. The van der Waals surface area contributed by atoms with Gasteiger partial charge >= 0.3 is 6.03 Å². The number of aromatic nitrogens is 1. The molecule has 2 aliphatic rings. The lowest BCUT2D eigenvalue weighted by atomic mass is 9.89. The number of β-amino-alcohol motifs (C(OH)–C–C–N with tert-alkyl or cyclic N) is 1. The summed E-state index contributed by atoms with van der Waals surface area (Å²) in [5.74, 6) is 0.150. The molecule has 3 aromatic rings. The molecule has 39 heavy (non-hydrogen) atoms. The number of carbonyl (C=O) groups is 1. The highest BCUT2D eigenvalue weighted by Gasteiger charge is 2.51. The molecular formula is C30H40ClFN4O2Si. The zero-order chi connectivity index (χ0) is 28.1. The van der Waals surface area contributed by atoms with E-state index >= 15 is 0 Å². The van der Waals surface area contributed by atoms with E-state index in [4.69, 9.17) is 11.6 Å². The van der Waals surface area contributed by atoms with Gasteiger partial charge in [0.2, 0.25) is 0 Å². The number of rotatable bonds is 6. The summed E-state index contributed by atoms with van der Waals surface area (Å²) in [6.45, 7) is 14.5. The maximum atomic E-state index is 13.6. The number of benzene rings is 2. The number of aliphatic hydroxyl groups is 1. The third-order valence-corrected chi connectivity index (χ3v) is 14.8. The molecule has 0 spiro atoms. The normalized spacial score (nSPS) is 20.0. The maximum Gasteiger partial charge on any atom is 0.314 e. The van der Waals surface area contributed by atoms with E-state index in [1.54, 1.807) is 16.7 Å². The summed E-state index contributed by atoms with van der Waals surface area (Å²) in [5, 5.41) is 12.6. The topological polar surface area (TPSA) is 52.0 Å². The molecule has 1 aromatic heterocycles. The number of hydrogen-bond donors (Lipinski definition) is 1. The minimum absolute atomic E-state index is 0.0190. The number of fused-ring (bicyclic) bond motifs is 1. The van der Waals surface area contributed by atoms with Gasteiger partial charge in [0.15, 0.2) is 8.24 Å². The minimum atomic E-state index is -2.16. The van der Waals surface area contributed by atoms with Gasteiger partial charge < -0.3 is 24.0 Å². The lowest BCUT2D eigenvalue weighted by Crippen LogP contribution is -2.59. The molecule has 5 rings (SSSR count). The number of urea groups is 1. The zero-order valence-electron chi connectivity index (χ0n) is 23.6. The lowest BCUT2D eigenvalue weighted by Gasteiger charge is -2.44. The Morgan fingerprint density at radius 1 is 1.05 bits per heavy atom. The number of likely N-dealkylation sites (tertiary alicyclic amines) is 1. The molecule has 9 heteroatoms. The van der Waals surface area contributed by atoms with Crippen LogP contribution in [0.1, 0.15) is 45.1 Å². The van der Waals surface area contributed by atoms with E-state index in [1.807, 2.05) is 23.1 Å². The molecule has 0 radical (unpaired) electrons. The standard InChI is InChI=1S/C30H40ClFN4O2Si/c1-30(2,3)39(4,5)36-28(37)20-34(29(36)38)17-16-33-14-12-21(13-15-33)26-19-35(24-9-7-23(32)8-10-24)27-11-6-22(31)18-25(26)27/h6-11,18-19,21,28,37H,12-17,20H2,1-5H3. The molecule has 1 unspecified atom stereocenters. The average molecular weight is 571 g/mol. The first-order chi connectivity index (χ1) is 18.4. The van der Waals surface area contributed by atoms with Crippen LogP contribution in [0.25, 0.3) is 16.6 Å². The van der Waals surface area contributed by atoms with E-state index in [0.29, 0.717) is 24.0 Å². The van der Waals surface area contributed by atoms with Crippen LogP contribution in [0.5, 0.6) is 0 Å². The van der Waals surface area contributed by atoms with Gasteiger partial charge in [0.25, 0.3) is 0 Å². The second kappa shape index (κ2) is 10.5. The average Bonchev–Trinajstić information content (AvgIpc) is 3.39. The Hall–Kier alpha value is -2.39. The largest absolute Gasteiger partial charge is 0.372 e. The van der Waals surface area contributed by atoms with Gasteiger partial charge in [0.1, 0.15) is 12.0 Å². The van der Waals surface area contributed by atoms with Gasteiger partial charge in [-0.05, 0) is 84.9 Å². The predicted molar refractivity (Wildman–Crippen MR) is 159 cm³/mol. The molecule has 0 bridgehead atoms. The van der Waals surface area contributed by atoms with E-state index < -0.39 is 14.5 Å². The number of piperidine rings is 1. The summed E-state index contributed by atoms with van der Waals surface area (Å²) < 4.78 is 17.5. The molecular weight excluding hydrogens is 531 g/mol. The van der Waals surface area contributed by atoms with Gasteiger partial charge in [-0.3, -0.25) is 0 Å². The number of carbonyl (C=O) groups excluding carboxylic acids is 1. The van der Waals surface area contributed by atoms with E-state index in [2.05, 4.69) is 49.5 Å². The van der Waals surface area contributed by atoms with Crippen LogP contribution in [0.4, 0.5) is 9.18 Å².